The van der Waals surface area contributed by atoms with Crippen LogP contribution in [0.1, 0.15) is 34.2 Å². The van der Waals surface area contributed by atoms with Gasteiger partial charge in [0.05, 0.1) is 21.8 Å². The number of carbonyl (C=O) groups excluding carboxylic acids is 1. The number of amides is 1. The first-order valence-corrected chi connectivity index (χ1v) is 8.70. The van der Waals surface area contributed by atoms with Crippen LogP contribution in [-0.2, 0) is 0 Å². The lowest BCUT2D eigenvalue weighted by molar-refractivity contribution is 0.0735. The molecule has 0 spiro atoms. The van der Waals surface area contributed by atoms with E-state index in [0.29, 0.717) is 10.7 Å². The summed E-state index contributed by atoms with van der Waals surface area (Å²) in [5, 5.41) is 1.41. The zero-order valence-electron chi connectivity index (χ0n) is 12.3. The fourth-order valence-corrected chi connectivity index (χ4v) is 4.19. The summed E-state index contributed by atoms with van der Waals surface area (Å²) in [6.45, 7) is 0.752. The van der Waals surface area contributed by atoms with Crippen molar-refractivity contribution in [1.29, 1.82) is 0 Å². The molecule has 4 rings (SSSR count). The fraction of sp³-hybridized carbons (Fsp3) is 0.235. The highest BCUT2D eigenvalue weighted by Gasteiger charge is 2.32. The van der Waals surface area contributed by atoms with E-state index in [4.69, 9.17) is 16.6 Å². The predicted octanol–water partition coefficient (Wildman–Crippen LogP) is 4.32. The number of carbonyl (C=O) groups is 1. The highest BCUT2D eigenvalue weighted by molar-refractivity contribution is 7.18. The van der Waals surface area contributed by atoms with Crippen LogP contribution in [0.3, 0.4) is 0 Å². The number of aromatic nitrogens is 2. The molecule has 0 bridgehead atoms. The Balaban J connectivity index is 1.65. The molecule has 3 aromatic rings. The first-order chi connectivity index (χ1) is 11.2. The summed E-state index contributed by atoms with van der Waals surface area (Å²) in [5.74, 6) is -0.00378. The number of nitrogens with zero attached hydrogens (tertiary/aromatic N) is 3. The van der Waals surface area contributed by atoms with E-state index in [1.165, 1.54) is 0 Å². The number of pyridine rings is 1. The van der Waals surface area contributed by atoms with Crippen molar-refractivity contribution in [3.8, 4) is 0 Å². The molecule has 4 nitrogen and oxygen atoms in total. The molecule has 6 heteroatoms. The van der Waals surface area contributed by atoms with Gasteiger partial charge in [0.1, 0.15) is 10.2 Å². The third-order valence-corrected chi connectivity index (χ3v) is 5.44. The number of para-hydroxylation sites is 1. The molecule has 1 aliphatic heterocycles. The van der Waals surface area contributed by atoms with Gasteiger partial charge >= 0.3 is 0 Å². The van der Waals surface area contributed by atoms with Crippen molar-refractivity contribution < 1.29 is 4.79 Å². The second kappa shape index (κ2) is 5.91. The number of halogens is 1. The second-order valence-electron chi connectivity index (χ2n) is 5.55. The molecule has 1 unspecified atom stereocenters. The average molecular weight is 344 g/mol. The van der Waals surface area contributed by atoms with E-state index in [9.17, 15) is 4.79 Å². The quantitative estimate of drug-likeness (QED) is 0.651. The number of thiazole rings is 1. The lowest BCUT2D eigenvalue weighted by Gasteiger charge is -2.23. The largest absolute Gasteiger partial charge is 0.329 e. The van der Waals surface area contributed by atoms with E-state index in [1.54, 1.807) is 29.7 Å². The summed E-state index contributed by atoms with van der Waals surface area (Å²) in [6, 6.07) is 11.5. The molecule has 1 aliphatic rings. The Morgan fingerprint density at radius 2 is 2.13 bits per heavy atom. The molecule has 23 heavy (non-hydrogen) atoms. The number of rotatable bonds is 2. The summed E-state index contributed by atoms with van der Waals surface area (Å²) in [7, 11) is 0. The van der Waals surface area contributed by atoms with E-state index >= 15 is 0 Å². The molecule has 1 atom stereocenters. The standard InChI is InChI=1S/C17H14ClN3OS/c18-15-8-7-11(10-19-15)17(22)21-9-3-5-13(21)16-20-12-4-1-2-6-14(12)23-16/h1-2,4,6-8,10,13H,3,5,9H2. The Hall–Kier alpha value is -1.98. The second-order valence-corrected chi connectivity index (χ2v) is 7.00. The van der Waals surface area contributed by atoms with Crippen LogP contribution in [0, 0.1) is 0 Å². The lowest BCUT2D eigenvalue weighted by atomic mass is 10.2. The molecule has 1 fully saturated rings. The SMILES string of the molecule is O=C(c1ccc(Cl)nc1)N1CCCC1c1nc2ccccc2s1. The van der Waals surface area contributed by atoms with Gasteiger partial charge in [-0.2, -0.15) is 0 Å². The zero-order chi connectivity index (χ0) is 15.8. The van der Waals surface area contributed by atoms with Crippen LogP contribution < -0.4 is 0 Å². The van der Waals surface area contributed by atoms with Crippen molar-refractivity contribution >= 4 is 39.1 Å². The Morgan fingerprint density at radius 3 is 2.91 bits per heavy atom. The van der Waals surface area contributed by atoms with Crippen molar-refractivity contribution in [3.05, 3.63) is 58.3 Å². The van der Waals surface area contributed by atoms with Crippen molar-refractivity contribution in [1.82, 2.24) is 14.9 Å². The molecular weight excluding hydrogens is 330 g/mol. The highest BCUT2D eigenvalue weighted by Crippen LogP contribution is 2.37. The van der Waals surface area contributed by atoms with Crippen LogP contribution in [0.25, 0.3) is 10.2 Å². The molecule has 116 valence electrons. The summed E-state index contributed by atoms with van der Waals surface area (Å²) < 4.78 is 1.16. The first-order valence-electron chi connectivity index (χ1n) is 7.50. The smallest absolute Gasteiger partial charge is 0.256 e. The monoisotopic (exact) mass is 343 g/mol. The minimum Gasteiger partial charge on any atom is -0.329 e. The molecule has 0 aliphatic carbocycles. The minimum atomic E-state index is -0.00378. The number of hydrogen-bond acceptors (Lipinski definition) is 4. The van der Waals surface area contributed by atoms with Gasteiger partial charge in [0.2, 0.25) is 0 Å². The van der Waals surface area contributed by atoms with E-state index in [-0.39, 0.29) is 11.9 Å². The Bertz CT molecular complexity index is 829. The Labute approximate surface area is 142 Å². The van der Waals surface area contributed by atoms with Crippen molar-refractivity contribution in [2.24, 2.45) is 0 Å². The molecule has 0 saturated carbocycles. The average Bonchev–Trinajstić information content (AvgIpc) is 3.21. The molecule has 3 heterocycles. The van der Waals surface area contributed by atoms with E-state index in [1.807, 2.05) is 23.1 Å². The van der Waals surface area contributed by atoms with Crippen molar-refractivity contribution in [2.75, 3.05) is 6.54 Å². The van der Waals surface area contributed by atoms with Gasteiger partial charge in [0.15, 0.2) is 0 Å². The number of benzene rings is 1. The molecule has 1 amide bonds. The third kappa shape index (κ3) is 2.71. The Morgan fingerprint density at radius 1 is 1.26 bits per heavy atom. The first kappa shape index (κ1) is 14.6. The van der Waals surface area contributed by atoms with Gasteiger partial charge < -0.3 is 4.90 Å². The molecule has 1 aromatic carbocycles. The minimum absolute atomic E-state index is 0.00378. The van der Waals surface area contributed by atoms with Gasteiger partial charge in [-0.1, -0.05) is 23.7 Å². The van der Waals surface area contributed by atoms with Gasteiger partial charge in [0, 0.05) is 12.7 Å². The Kier molecular flexibility index (Phi) is 3.75. The van der Waals surface area contributed by atoms with Crippen molar-refractivity contribution in [3.63, 3.8) is 0 Å². The van der Waals surface area contributed by atoms with E-state index in [0.717, 1.165) is 34.6 Å². The van der Waals surface area contributed by atoms with Gasteiger partial charge in [-0.05, 0) is 37.1 Å². The summed E-state index contributed by atoms with van der Waals surface area (Å²) in [4.78, 5) is 23.4. The maximum atomic E-state index is 12.8. The van der Waals surface area contributed by atoms with Gasteiger partial charge in [-0.15, -0.1) is 11.3 Å². The predicted molar refractivity (Wildman–Crippen MR) is 91.9 cm³/mol. The maximum Gasteiger partial charge on any atom is 0.256 e. The van der Waals surface area contributed by atoms with Gasteiger partial charge in [-0.25, -0.2) is 9.97 Å². The number of fused-ring (bicyclic) bond motifs is 1. The van der Waals surface area contributed by atoms with Crippen LogP contribution >= 0.6 is 22.9 Å². The van der Waals surface area contributed by atoms with Gasteiger partial charge in [0.25, 0.3) is 5.91 Å². The maximum absolute atomic E-state index is 12.8. The van der Waals surface area contributed by atoms with Crippen LogP contribution in [0.15, 0.2) is 42.6 Å². The number of likely N-dealkylation sites (tertiary alicyclic amines) is 1. The topological polar surface area (TPSA) is 46.1 Å². The fourth-order valence-electron chi connectivity index (χ4n) is 2.97. The summed E-state index contributed by atoms with van der Waals surface area (Å²) in [5.41, 5.74) is 1.57. The van der Waals surface area contributed by atoms with E-state index < -0.39 is 0 Å². The third-order valence-electron chi connectivity index (χ3n) is 4.08. The van der Waals surface area contributed by atoms with Crippen LogP contribution in [-0.4, -0.2) is 27.3 Å². The summed E-state index contributed by atoms with van der Waals surface area (Å²) in [6.07, 6.45) is 3.48. The van der Waals surface area contributed by atoms with Gasteiger partial charge in [-0.3, -0.25) is 4.79 Å². The lowest BCUT2D eigenvalue weighted by Crippen LogP contribution is -2.30. The van der Waals surface area contributed by atoms with Crippen LogP contribution in [0.5, 0.6) is 0 Å². The molecule has 0 radical (unpaired) electrons. The molecular formula is C17H14ClN3OS. The highest BCUT2D eigenvalue weighted by atomic mass is 35.5. The van der Waals surface area contributed by atoms with Crippen molar-refractivity contribution in [2.45, 2.75) is 18.9 Å². The van der Waals surface area contributed by atoms with Crippen LogP contribution in [0.4, 0.5) is 0 Å². The number of hydrogen-bond donors (Lipinski definition) is 0. The van der Waals surface area contributed by atoms with E-state index in [2.05, 4.69) is 11.1 Å². The molecule has 1 saturated heterocycles. The van der Waals surface area contributed by atoms with Crippen LogP contribution in [0.2, 0.25) is 5.15 Å². The molecule has 2 aromatic heterocycles. The zero-order valence-corrected chi connectivity index (χ0v) is 13.8. The molecule has 0 N–H and O–H groups in total. The normalized spacial score (nSPS) is 17.8. The summed E-state index contributed by atoms with van der Waals surface area (Å²) >= 11 is 7.47.